The largest absolute Gasteiger partial charge is 0.497 e. The standard InChI is InChI=1S/C9H12O.BrH.H3N/c1-3-8-4-6-9(10-2)7-5-8;;/h4-7H,3H2,1-2H3;1H;1H3. The summed E-state index contributed by atoms with van der Waals surface area (Å²) in [6, 6.07) is 8.13. The number of methoxy groups -OCH3 is 1. The van der Waals surface area contributed by atoms with E-state index >= 15 is 0 Å². The Bertz CT molecular complexity index is 175. The van der Waals surface area contributed by atoms with Gasteiger partial charge in [-0.05, 0) is 24.1 Å². The predicted molar refractivity (Wildman–Crippen MR) is 57.7 cm³/mol. The summed E-state index contributed by atoms with van der Waals surface area (Å²) in [4.78, 5) is 0. The zero-order valence-corrected chi connectivity index (χ0v) is 9.25. The molecule has 1 aromatic rings. The molecule has 0 unspecified atom stereocenters. The smallest absolute Gasteiger partial charge is 0.118 e. The number of aryl methyl sites for hydroxylation is 1. The van der Waals surface area contributed by atoms with E-state index in [9.17, 15) is 0 Å². The van der Waals surface area contributed by atoms with Gasteiger partial charge < -0.3 is 10.9 Å². The van der Waals surface area contributed by atoms with Gasteiger partial charge in [-0.3, -0.25) is 0 Å². The van der Waals surface area contributed by atoms with Crippen LogP contribution in [-0.4, -0.2) is 7.11 Å². The highest BCUT2D eigenvalue weighted by molar-refractivity contribution is 8.93. The number of hydrogen-bond donors (Lipinski definition) is 1. The van der Waals surface area contributed by atoms with Crippen molar-refractivity contribution < 1.29 is 4.74 Å². The average Bonchev–Trinajstić information content (AvgIpc) is 2.05. The van der Waals surface area contributed by atoms with Crippen molar-refractivity contribution in [3.63, 3.8) is 0 Å². The van der Waals surface area contributed by atoms with Crippen molar-refractivity contribution >= 4 is 17.0 Å². The molecule has 70 valence electrons. The lowest BCUT2D eigenvalue weighted by Crippen LogP contribution is -1.83. The summed E-state index contributed by atoms with van der Waals surface area (Å²) >= 11 is 0. The number of benzene rings is 1. The maximum Gasteiger partial charge on any atom is 0.118 e. The van der Waals surface area contributed by atoms with Crippen LogP contribution in [0.1, 0.15) is 12.5 Å². The van der Waals surface area contributed by atoms with Gasteiger partial charge in [0.15, 0.2) is 0 Å². The molecule has 0 saturated carbocycles. The van der Waals surface area contributed by atoms with E-state index in [1.165, 1.54) is 5.56 Å². The van der Waals surface area contributed by atoms with Gasteiger partial charge in [-0.15, -0.1) is 17.0 Å². The van der Waals surface area contributed by atoms with E-state index in [0.717, 1.165) is 12.2 Å². The maximum absolute atomic E-state index is 5.01. The van der Waals surface area contributed by atoms with Gasteiger partial charge in [0.2, 0.25) is 0 Å². The number of rotatable bonds is 2. The van der Waals surface area contributed by atoms with Crippen molar-refractivity contribution in [3.05, 3.63) is 29.8 Å². The molecule has 0 saturated heterocycles. The summed E-state index contributed by atoms with van der Waals surface area (Å²) in [5, 5.41) is 0. The van der Waals surface area contributed by atoms with Gasteiger partial charge in [0.05, 0.1) is 7.11 Å². The molecule has 0 bridgehead atoms. The van der Waals surface area contributed by atoms with Crippen molar-refractivity contribution in [3.8, 4) is 5.75 Å². The first-order chi connectivity index (χ1) is 4.86. The number of ether oxygens (including phenoxy) is 1. The van der Waals surface area contributed by atoms with Crippen molar-refractivity contribution in [2.75, 3.05) is 7.11 Å². The van der Waals surface area contributed by atoms with E-state index in [4.69, 9.17) is 4.74 Å². The summed E-state index contributed by atoms with van der Waals surface area (Å²) in [6.07, 6.45) is 1.09. The molecular weight excluding hydrogens is 218 g/mol. The molecule has 12 heavy (non-hydrogen) atoms. The van der Waals surface area contributed by atoms with Crippen LogP contribution < -0.4 is 10.9 Å². The Labute approximate surface area is 84.3 Å². The molecule has 0 aliphatic heterocycles. The Kier molecular flexibility index (Phi) is 8.32. The number of hydrogen-bond acceptors (Lipinski definition) is 2. The van der Waals surface area contributed by atoms with Gasteiger partial charge in [0.1, 0.15) is 5.75 Å². The maximum atomic E-state index is 5.01. The second-order valence-electron chi connectivity index (χ2n) is 2.20. The van der Waals surface area contributed by atoms with Crippen LogP contribution in [0.3, 0.4) is 0 Å². The van der Waals surface area contributed by atoms with Crippen LogP contribution >= 0.6 is 17.0 Å². The van der Waals surface area contributed by atoms with E-state index in [0.29, 0.717) is 0 Å². The van der Waals surface area contributed by atoms with Crippen LogP contribution in [0.5, 0.6) is 5.75 Å². The van der Waals surface area contributed by atoms with Gasteiger partial charge in [-0.2, -0.15) is 0 Å². The molecule has 1 rings (SSSR count). The molecule has 0 spiro atoms. The summed E-state index contributed by atoms with van der Waals surface area (Å²) < 4.78 is 5.01. The fraction of sp³-hybridized carbons (Fsp3) is 0.333. The highest BCUT2D eigenvalue weighted by atomic mass is 79.9. The molecule has 0 aliphatic carbocycles. The molecular formula is C9H16BrNO. The monoisotopic (exact) mass is 233 g/mol. The highest BCUT2D eigenvalue weighted by Crippen LogP contribution is 2.10. The van der Waals surface area contributed by atoms with Crippen molar-refractivity contribution in [1.29, 1.82) is 0 Å². The lowest BCUT2D eigenvalue weighted by Gasteiger charge is -1.99. The molecule has 0 fully saturated rings. The second-order valence-corrected chi connectivity index (χ2v) is 2.20. The predicted octanol–water partition coefficient (Wildman–Crippen LogP) is 3.00. The van der Waals surface area contributed by atoms with Gasteiger partial charge in [-0.25, -0.2) is 0 Å². The van der Waals surface area contributed by atoms with E-state index in [2.05, 4.69) is 19.1 Å². The Morgan fingerprint density at radius 2 is 1.67 bits per heavy atom. The van der Waals surface area contributed by atoms with Crippen molar-refractivity contribution in [1.82, 2.24) is 6.15 Å². The van der Waals surface area contributed by atoms with Gasteiger partial charge in [-0.1, -0.05) is 19.1 Å². The topological polar surface area (TPSA) is 44.2 Å². The average molecular weight is 234 g/mol. The molecule has 0 heterocycles. The van der Waals surface area contributed by atoms with Crippen LogP contribution in [0.2, 0.25) is 0 Å². The molecule has 1 aromatic carbocycles. The molecule has 0 aliphatic rings. The fourth-order valence-corrected chi connectivity index (χ4v) is 0.861. The molecule has 0 amide bonds. The lowest BCUT2D eigenvalue weighted by molar-refractivity contribution is 0.414. The Balaban J connectivity index is 0. The van der Waals surface area contributed by atoms with E-state index in [1.54, 1.807) is 7.11 Å². The quantitative estimate of drug-likeness (QED) is 0.854. The molecule has 3 heteroatoms. The SMILES string of the molecule is Br.CCc1ccc(OC)cc1.N. The van der Waals surface area contributed by atoms with Gasteiger partial charge in [0, 0.05) is 0 Å². The van der Waals surface area contributed by atoms with Gasteiger partial charge in [0.25, 0.3) is 0 Å². The van der Waals surface area contributed by atoms with Crippen LogP contribution in [0.25, 0.3) is 0 Å². The molecule has 0 radical (unpaired) electrons. The van der Waals surface area contributed by atoms with Gasteiger partial charge >= 0.3 is 0 Å². The molecule has 0 aromatic heterocycles. The minimum atomic E-state index is 0. The summed E-state index contributed by atoms with van der Waals surface area (Å²) in [5.41, 5.74) is 1.35. The zero-order valence-electron chi connectivity index (χ0n) is 7.54. The second kappa shape index (κ2) is 7.13. The summed E-state index contributed by atoms with van der Waals surface area (Å²) in [6.45, 7) is 2.14. The van der Waals surface area contributed by atoms with E-state index in [1.807, 2.05) is 12.1 Å². The van der Waals surface area contributed by atoms with Crippen LogP contribution in [-0.2, 0) is 6.42 Å². The Hall–Kier alpha value is -0.540. The molecule has 0 atom stereocenters. The fourth-order valence-electron chi connectivity index (χ4n) is 0.861. The minimum Gasteiger partial charge on any atom is -0.497 e. The Morgan fingerprint density at radius 3 is 2.00 bits per heavy atom. The third-order valence-electron chi connectivity index (χ3n) is 1.57. The summed E-state index contributed by atoms with van der Waals surface area (Å²) in [7, 11) is 1.68. The summed E-state index contributed by atoms with van der Waals surface area (Å²) in [5.74, 6) is 0.928. The van der Waals surface area contributed by atoms with Crippen LogP contribution in [0.15, 0.2) is 24.3 Å². The minimum absolute atomic E-state index is 0. The normalized spacial score (nSPS) is 7.83. The van der Waals surface area contributed by atoms with Crippen LogP contribution in [0.4, 0.5) is 0 Å². The lowest BCUT2D eigenvalue weighted by atomic mass is 10.2. The molecule has 3 N–H and O–H groups in total. The first kappa shape index (κ1) is 14.0. The highest BCUT2D eigenvalue weighted by Gasteiger charge is 1.89. The first-order valence-corrected chi connectivity index (χ1v) is 3.49. The third-order valence-corrected chi connectivity index (χ3v) is 1.57. The first-order valence-electron chi connectivity index (χ1n) is 3.49. The van der Waals surface area contributed by atoms with Crippen molar-refractivity contribution in [2.45, 2.75) is 13.3 Å². The Morgan fingerprint density at radius 1 is 1.17 bits per heavy atom. The van der Waals surface area contributed by atoms with E-state index in [-0.39, 0.29) is 23.1 Å². The molecule has 2 nitrogen and oxygen atoms in total. The third kappa shape index (κ3) is 3.74. The van der Waals surface area contributed by atoms with Crippen LogP contribution in [0, 0.1) is 0 Å². The zero-order chi connectivity index (χ0) is 7.40. The van der Waals surface area contributed by atoms with E-state index < -0.39 is 0 Å². The van der Waals surface area contributed by atoms with Crippen molar-refractivity contribution in [2.24, 2.45) is 0 Å². The number of halogens is 1.